The molecule has 178 valence electrons. The van der Waals surface area contributed by atoms with E-state index in [1.807, 2.05) is 36.4 Å². The van der Waals surface area contributed by atoms with Crippen molar-refractivity contribution in [3.05, 3.63) is 89.7 Å². The van der Waals surface area contributed by atoms with Crippen molar-refractivity contribution in [2.24, 2.45) is 0 Å². The van der Waals surface area contributed by atoms with Gasteiger partial charge in [-0.25, -0.2) is 4.39 Å². The van der Waals surface area contributed by atoms with Crippen LogP contribution < -0.4 is 20.4 Å². The zero-order valence-corrected chi connectivity index (χ0v) is 19.9. The minimum Gasteiger partial charge on any atom is -0.368 e. The third-order valence-corrected chi connectivity index (χ3v) is 5.93. The molecule has 1 aromatic heterocycles. The highest BCUT2D eigenvalue weighted by Crippen LogP contribution is 2.23. The number of aromatic nitrogens is 3. The van der Waals surface area contributed by atoms with Gasteiger partial charge in [-0.15, -0.1) is 0 Å². The zero-order valence-electron chi connectivity index (χ0n) is 19.9. The van der Waals surface area contributed by atoms with Crippen molar-refractivity contribution in [2.75, 3.05) is 46.6 Å². The predicted molar refractivity (Wildman–Crippen MR) is 140 cm³/mol. The molecule has 0 atom stereocenters. The molecular formula is C27H28FN7. The van der Waals surface area contributed by atoms with Gasteiger partial charge in [0.25, 0.3) is 0 Å². The van der Waals surface area contributed by atoms with Crippen LogP contribution in [0.5, 0.6) is 0 Å². The number of nitrogens with zero attached hydrogens (tertiary/aromatic N) is 5. The molecule has 0 unspecified atom stereocenters. The van der Waals surface area contributed by atoms with Gasteiger partial charge in [-0.3, -0.25) is 0 Å². The van der Waals surface area contributed by atoms with Gasteiger partial charge >= 0.3 is 0 Å². The molecule has 35 heavy (non-hydrogen) atoms. The number of hydrogen-bond acceptors (Lipinski definition) is 7. The monoisotopic (exact) mass is 469 g/mol. The molecule has 2 heterocycles. The molecule has 3 aromatic carbocycles. The van der Waals surface area contributed by atoms with Crippen molar-refractivity contribution < 1.29 is 4.39 Å². The van der Waals surface area contributed by atoms with Gasteiger partial charge < -0.3 is 20.4 Å². The Balaban J connectivity index is 1.39. The molecule has 4 aromatic rings. The second-order valence-electron chi connectivity index (χ2n) is 8.72. The van der Waals surface area contributed by atoms with Crippen molar-refractivity contribution in [3.63, 3.8) is 0 Å². The summed E-state index contributed by atoms with van der Waals surface area (Å²) in [5, 5.41) is 6.65. The largest absolute Gasteiger partial charge is 0.368 e. The van der Waals surface area contributed by atoms with Gasteiger partial charge in [0.1, 0.15) is 5.82 Å². The highest BCUT2D eigenvalue weighted by molar-refractivity contribution is 5.60. The summed E-state index contributed by atoms with van der Waals surface area (Å²) in [4.78, 5) is 18.5. The first-order valence-electron chi connectivity index (χ1n) is 11.7. The number of aryl methyl sites for hydroxylation is 2. The molecular weight excluding hydrogens is 441 g/mol. The summed E-state index contributed by atoms with van der Waals surface area (Å²) >= 11 is 0. The van der Waals surface area contributed by atoms with E-state index in [2.05, 4.69) is 63.5 Å². The normalized spacial score (nSPS) is 13.6. The highest BCUT2D eigenvalue weighted by Gasteiger charge is 2.21. The lowest BCUT2D eigenvalue weighted by Gasteiger charge is -2.36. The third-order valence-electron chi connectivity index (χ3n) is 5.93. The molecule has 5 rings (SSSR count). The Labute approximate surface area is 204 Å². The SMILES string of the molecule is Cc1cccc(Nc2nc(Nc3cccc(C)c3)nc(N3CCN(c4ccc(F)cc4)CC3)n2)c1. The Hall–Kier alpha value is -4.20. The summed E-state index contributed by atoms with van der Waals surface area (Å²) in [6.45, 7) is 7.17. The maximum atomic E-state index is 13.3. The van der Waals surface area contributed by atoms with Gasteiger partial charge in [0.15, 0.2) is 0 Å². The van der Waals surface area contributed by atoms with Crippen LogP contribution in [-0.2, 0) is 0 Å². The topological polar surface area (TPSA) is 69.2 Å². The second-order valence-corrected chi connectivity index (χ2v) is 8.72. The van der Waals surface area contributed by atoms with E-state index in [1.165, 1.54) is 12.1 Å². The van der Waals surface area contributed by atoms with Crippen LogP contribution in [0.2, 0.25) is 0 Å². The molecule has 0 amide bonds. The fraction of sp³-hybridized carbons (Fsp3) is 0.222. The maximum absolute atomic E-state index is 13.3. The lowest BCUT2D eigenvalue weighted by molar-refractivity contribution is 0.623. The molecule has 0 spiro atoms. The molecule has 2 N–H and O–H groups in total. The second kappa shape index (κ2) is 9.97. The van der Waals surface area contributed by atoms with Gasteiger partial charge in [-0.2, -0.15) is 15.0 Å². The van der Waals surface area contributed by atoms with E-state index in [4.69, 9.17) is 9.97 Å². The first kappa shape index (κ1) is 22.6. The van der Waals surface area contributed by atoms with Crippen LogP contribution in [0.15, 0.2) is 72.8 Å². The molecule has 1 aliphatic rings. The minimum atomic E-state index is -0.222. The Morgan fingerprint density at radius 3 is 1.69 bits per heavy atom. The van der Waals surface area contributed by atoms with Crippen molar-refractivity contribution in [1.29, 1.82) is 0 Å². The number of rotatable bonds is 6. The molecule has 8 heteroatoms. The van der Waals surface area contributed by atoms with E-state index in [0.29, 0.717) is 17.8 Å². The summed E-state index contributed by atoms with van der Waals surface area (Å²) < 4.78 is 13.3. The van der Waals surface area contributed by atoms with Crippen molar-refractivity contribution in [1.82, 2.24) is 15.0 Å². The molecule has 0 bridgehead atoms. The summed E-state index contributed by atoms with van der Waals surface area (Å²) in [5.74, 6) is 1.36. The quantitative estimate of drug-likeness (QED) is 0.390. The van der Waals surface area contributed by atoms with Gasteiger partial charge in [-0.05, 0) is 73.5 Å². The van der Waals surface area contributed by atoms with Gasteiger partial charge in [0.05, 0.1) is 0 Å². The van der Waals surface area contributed by atoms with Gasteiger partial charge in [-0.1, -0.05) is 24.3 Å². The van der Waals surface area contributed by atoms with E-state index in [-0.39, 0.29) is 5.82 Å². The number of benzene rings is 3. The van der Waals surface area contributed by atoms with E-state index >= 15 is 0 Å². The van der Waals surface area contributed by atoms with Gasteiger partial charge in [0, 0.05) is 43.2 Å². The first-order valence-corrected chi connectivity index (χ1v) is 11.7. The fourth-order valence-electron chi connectivity index (χ4n) is 4.14. The van der Waals surface area contributed by atoms with Crippen LogP contribution in [-0.4, -0.2) is 41.1 Å². The number of anilines is 6. The number of hydrogen-bond donors (Lipinski definition) is 2. The van der Waals surface area contributed by atoms with Crippen LogP contribution in [0.4, 0.5) is 39.3 Å². The molecule has 0 radical (unpaired) electrons. The third kappa shape index (κ3) is 5.66. The van der Waals surface area contributed by atoms with E-state index < -0.39 is 0 Å². The van der Waals surface area contributed by atoms with Gasteiger partial charge in [0.2, 0.25) is 17.8 Å². The smallest absolute Gasteiger partial charge is 0.233 e. The number of piperazine rings is 1. The Morgan fingerprint density at radius 1 is 0.657 bits per heavy atom. The summed E-state index contributed by atoms with van der Waals surface area (Å²) in [6, 6.07) is 22.8. The van der Waals surface area contributed by atoms with Crippen LogP contribution in [0, 0.1) is 19.7 Å². The van der Waals surface area contributed by atoms with Crippen molar-refractivity contribution in [2.45, 2.75) is 13.8 Å². The van der Waals surface area contributed by atoms with E-state index in [9.17, 15) is 4.39 Å². The first-order chi connectivity index (χ1) is 17.0. The minimum absolute atomic E-state index is 0.222. The lowest BCUT2D eigenvalue weighted by Crippen LogP contribution is -2.47. The number of nitrogens with one attached hydrogen (secondary N) is 2. The Morgan fingerprint density at radius 2 is 1.17 bits per heavy atom. The van der Waals surface area contributed by atoms with E-state index in [1.54, 1.807) is 0 Å². The summed E-state index contributed by atoms with van der Waals surface area (Å²) in [5.41, 5.74) is 5.17. The Bertz CT molecular complexity index is 1240. The summed E-state index contributed by atoms with van der Waals surface area (Å²) in [7, 11) is 0. The van der Waals surface area contributed by atoms with Crippen LogP contribution >= 0.6 is 0 Å². The molecule has 0 saturated carbocycles. The highest BCUT2D eigenvalue weighted by atomic mass is 19.1. The van der Waals surface area contributed by atoms with Crippen LogP contribution in [0.25, 0.3) is 0 Å². The standard InChI is InChI=1S/C27H28FN7/c1-19-5-3-7-22(17-19)29-25-31-26(30-23-8-4-6-20(2)18-23)33-27(32-25)35-15-13-34(14-16-35)24-11-9-21(28)10-12-24/h3-12,17-18H,13-16H2,1-2H3,(H2,29,30,31,32,33). The van der Waals surface area contributed by atoms with E-state index in [0.717, 1.165) is 54.4 Å². The van der Waals surface area contributed by atoms with Crippen LogP contribution in [0.3, 0.4) is 0 Å². The Kier molecular flexibility index (Phi) is 6.43. The molecule has 0 aliphatic carbocycles. The van der Waals surface area contributed by atoms with Crippen molar-refractivity contribution >= 4 is 34.9 Å². The molecule has 1 fully saturated rings. The molecule has 7 nitrogen and oxygen atoms in total. The molecule has 1 saturated heterocycles. The number of halogens is 1. The maximum Gasteiger partial charge on any atom is 0.233 e. The lowest BCUT2D eigenvalue weighted by atomic mass is 10.2. The summed E-state index contributed by atoms with van der Waals surface area (Å²) in [6.07, 6.45) is 0. The predicted octanol–water partition coefficient (Wildman–Crippen LogP) is 5.44. The van der Waals surface area contributed by atoms with Crippen LogP contribution in [0.1, 0.15) is 11.1 Å². The van der Waals surface area contributed by atoms with Crippen molar-refractivity contribution in [3.8, 4) is 0 Å². The average molecular weight is 470 g/mol. The molecule has 1 aliphatic heterocycles. The zero-order chi connectivity index (χ0) is 24.2. The fourth-order valence-corrected chi connectivity index (χ4v) is 4.14. The average Bonchev–Trinajstić information content (AvgIpc) is 2.85.